The van der Waals surface area contributed by atoms with E-state index in [-0.39, 0.29) is 0 Å². The van der Waals surface area contributed by atoms with Crippen molar-refractivity contribution in [1.29, 1.82) is 0 Å². The molecular weight excluding hydrogens is 502 g/mol. The highest BCUT2D eigenvalue weighted by atomic mass is 15.2. The largest absolute Gasteiger partial charge is 0.309 e. The quantitative estimate of drug-likeness (QED) is 0.232. The lowest BCUT2D eigenvalue weighted by molar-refractivity contribution is 1.04. The molecule has 0 amide bonds. The molecule has 4 heterocycles. The van der Waals surface area contributed by atoms with Crippen molar-refractivity contribution in [2.45, 2.75) is 0 Å². The summed E-state index contributed by atoms with van der Waals surface area (Å²) in [5, 5.41) is 2.48. The van der Waals surface area contributed by atoms with Crippen molar-refractivity contribution in [3.8, 4) is 22.6 Å². The number of hydrogen-bond acceptors (Lipinski definition) is 2. The van der Waals surface area contributed by atoms with Gasteiger partial charge < -0.3 is 4.57 Å². The molecule has 0 unspecified atom stereocenters. The predicted octanol–water partition coefficient (Wildman–Crippen LogP) is 8.59. The van der Waals surface area contributed by atoms with Gasteiger partial charge in [-0.1, -0.05) is 78.9 Å². The van der Waals surface area contributed by atoms with Crippen LogP contribution in [0.25, 0.3) is 72.3 Å². The van der Waals surface area contributed by atoms with Gasteiger partial charge in [0, 0.05) is 28.1 Å². The second-order valence-electron chi connectivity index (χ2n) is 10.3. The molecule has 0 fully saturated rings. The number of fused-ring (bicyclic) bond motifs is 8. The fourth-order valence-corrected chi connectivity index (χ4v) is 6.42. The summed E-state index contributed by atoms with van der Waals surface area (Å²) in [5.74, 6) is 1.70. The molecule has 0 bridgehead atoms. The van der Waals surface area contributed by atoms with Gasteiger partial charge in [0.2, 0.25) is 5.78 Å². The van der Waals surface area contributed by atoms with Gasteiger partial charge in [0.15, 0.2) is 0 Å². The molecule has 0 saturated heterocycles. The summed E-state index contributed by atoms with van der Waals surface area (Å²) in [4.78, 5) is 10.1. The molecular formula is C36H23N5. The Morgan fingerprint density at radius 2 is 1.02 bits per heavy atom. The smallest absolute Gasteiger partial charge is 0.221 e. The molecule has 0 aliphatic heterocycles. The van der Waals surface area contributed by atoms with Gasteiger partial charge in [-0.25, -0.2) is 9.97 Å². The Balaban J connectivity index is 1.38. The van der Waals surface area contributed by atoms with Crippen LogP contribution in [0.4, 0.5) is 0 Å². The van der Waals surface area contributed by atoms with Gasteiger partial charge in [-0.05, 0) is 54.6 Å². The lowest BCUT2D eigenvalue weighted by Gasteiger charge is -2.16. The highest BCUT2D eigenvalue weighted by Crippen LogP contribution is 2.38. The van der Waals surface area contributed by atoms with E-state index in [0.29, 0.717) is 0 Å². The number of pyridine rings is 1. The lowest BCUT2D eigenvalue weighted by atomic mass is 10.0. The van der Waals surface area contributed by atoms with E-state index >= 15 is 0 Å². The predicted molar refractivity (Wildman–Crippen MR) is 167 cm³/mol. The molecule has 0 N–H and O–H groups in total. The summed E-state index contributed by atoms with van der Waals surface area (Å²) in [6, 6.07) is 46.8. The Hall–Kier alpha value is -5.68. The Bertz CT molecular complexity index is 2390. The van der Waals surface area contributed by atoms with Crippen LogP contribution in [0.3, 0.4) is 0 Å². The third-order valence-corrected chi connectivity index (χ3v) is 8.12. The third-order valence-electron chi connectivity index (χ3n) is 8.12. The summed E-state index contributed by atoms with van der Waals surface area (Å²) in [6.45, 7) is 0. The molecule has 0 aliphatic carbocycles. The first-order valence-electron chi connectivity index (χ1n) is 13.8. The van der Waals surface area contributed by atoms with E-state index in [1.807, 2.05) is 18.3 Å². The van der Waals surface area contributed by atoms with Gasteiger partial charge in [0.1, 0.15) is 5.82 Å². The lowest BCUT2D eigenvalue weighted by Crippen LogP contribution is -2.03. The van der Waals surface area contributed by atoms with Gasteiger partial charge in [-0.2, -0.15) is 0 Å². The average Bonchev–Trinajstić information content (AvgIpc) is 3.68. The van der Waals surface area contributed by atoms with Crippen molar-refractivity contribution in [3.63, 3.8) is 0 Å². The number of imidazole rings is 2. The molecule has 192 valence electrons. The fourth-order valence-electron chi connectivity index (χ4n) is 6.42. The minimum Gasteiger partial charge on any atom is -0.309 e. The number of rotatable bonds is 3. The molecule has 9 rings (SSSR count). The number of benzene rings is 5. The molecule has 0 saturated carbocycles. The van der Waals surface area contributed by atoms with Crippen molar-refractivity contribution in [2.24, 2.45) is 0 Å². The standard InChI is InChI=1S/C36H23N5/c1-5-17-29-24(12-1)25-13-2-6-18-30(25)39(29)31-19-7-3-14-26(31)27-15-11-23-37-35(27)41-34-22-10-9-21-33(34)40-32-20-8-4-16-28(32)38-36(40)41/h1-23H. The van der Waals surface area contributed by atoms with Gasteiger partial charge >= 0.3 is 0 Å². The molecule has 0 atom stereocenters. The highest BCUT2D eigenvalue weighted by Gasteiger charge is 2.22. The summed E-state index contributed by atoms with van der Waals surface area (Å²) >= 11 is 0. The molecule has 0 aliphatic rings. The van der Waals surface area contributed by atoms with Crippen LogP contribution in [0.2, 0.25) is 0 Å². The minimum atomic E-state index is 0.849. The molecule has 5 heteroatoms. The van der Waals surface area contributed by atoms with Crippen molar-refractivity contribution in [2.75, 3.05) is 0 Å². The molecule has 4 aromatic heterocycles. The van der Waals surface area contributed by atoms with E-state index in [1.165, 1.54) is 21.8 Å². The Labute approximate surface area is 235 Å². The van der Waals surface area contributed by atoms with E-state index in [9.17, 15) is 0 Å². The summed E-state index contributed by atoms with van der Waals surface area (Å²) < 4.78 is 6.82. The molecule has 41 heavy (non-hydrogen) atoms. The second kappa shape index (κ2) is 8.41. The van der Waals surface area contributed by atoms with Crippen LogP contribution in [0, 0.1) is 0 Å². The maximum absolute atomic E-state index is 5.10. The van der Waals surface area contributed by atoms with Gasteiger partial charge in [0.05, 0.1) is 38.8 Å². The minimum absolute atomic E-state index is 0.849. The zero-order valence-corrected chi connectivity index (χ0v) is 22.0. The van der Waals surface area contributed by atoms with Crippen LogP contribution in [0.5, 0.6) is 0 Å². The van der Waals surface area contributed by atoms with Crippen LogP contribution in [-0.2, 0) is 0 Å². The van der Waals surface area contributed by atoms with Crippen LogP contribution < -0.4 is 0 Å². The van der Waals surface area contributed by atoms with E-state index in [0.717, 1.165) is 50.5 Å². The Morgan fingerprint density at radius 3 is 1.80 bits per heavy atom. The van der Waals surface area contributed by atoms with E-state index < -0.39 is 0 Å². The molecule has 5 aromatic carbocycles. The summed E-state index contributed by atoms with van der Waals surface area (Å²) in [7, 11) is 0. The summed E-state index contributed by atoms with van der Waals surface area (Å²) in [6.07, 6.45) is 1.87. The van der Waals surface area contributed by atoms with Crippen LogP contribution in [-0.4, -0.2) is 23.5 Å². The zero-order chi connectivity index (χ0) is 26.9. The average molecular weight is 526 g/mol. The topological polar surface area (TPSA) is 40.0 Å². The first-order chi connectivity index (χ1) is 20.4. The van der Waals surface area contributed by atoms with Crippen molar-refractivity contribution in [3.05, 3.63) is 140 Å². The van der Waals surface area contributed by atoms with E-state index in [2.05, 4.69) is 135 Å². The molecule has 9 aromatic rings. The summed E-state index contributed by atoms with van der Waals surface area (Å²) in [5.41, 5.74) is 9.83. The van der Waals surface area contributed by atoms with Crippen LogP contribution in [0.1, 0.15) is 0 Å². The van der Waals surface area contributed by atoms with E-state index in [4.69, 9.17) is 9.97 Å². The van der Waals surface area contributed by atoms with Crippen LogP contribution in [0.15, 0.2) is 140 Å². The Kier molecular flexibility index (Phi) is 4.55. The normalized spacial score (nSPS) is 11.9. The number of para-hydroxylation sites is 7. The number of aromatic nitrogens is 5. The van der Waals surface area contributed by atoms with Crippen LogP contribution >= 0.6 is 0 Å². The van der Waals surface area contributed by atoms with Gasteiger partial charge in [-0.15, -0.1) is 0 Å². The fraction of sp³-hybridized carbons (Fsp3) is 0. The number of nitrogens with zero attached hydrogens (tertiary/aromatic N) is 5. The molecule has 0 spiro atoms. The molecule has 0 radical (unpaired) electrons. The maximum Gasteiger partial charge on any atom is 0.221 e. The monoisotopic (exact) mass is 525 g/mol. The number of hydrogen-bond donors (Lipinski definition) is 0. The second-order valence-corrected chi connectivity index (χ2v) is 10.3. The third kappa shape index (κ3) is 3.06. The van der Waals surface area contributed by atoms with Crippen molar-refractivity contribution in [1.82, 2.24) is 23.5 Å². The zero-order valence-electron chi connectivity index (χ0n) is 22.0. The van der Waals surface area contributed by atoms with Crippen molar-refractivity contribution >= 4 is 49.7 Å². The SMILES string of the molecule is c1ccc(-n2c3ccccc3c3ccccc32)c(-c2cccnc2-n2c3ccccc3n3c4ccccc4nc23)c1. The van der Waals surface area contributed by atoms with Gasteiger partial charge in [0.25, 0.3) is 0 Å². The van der Waals surface area contributed by atoms with E-state index in [1.54, 1.807) is 0 Å². The van der Waals surface area contributed by atoms with Gasteiger partial charge in [-0.3, -0.25) is 8.97 Å². The Morgan fingerprint density at radius 1 is 0.439 bits per heavy atom. The first-order valence-corrected chi connectivity index (χ1v) is 13.8. The molecule has 5 nitrogen and oxygen atoms in total. The maximum atomic E-state index is 5.10. The highest BCUT2D eigenvalue weighted by molar-refractivity contribution is 6.09. The van der Waals surface area contributed by atoms with Crippen molar-refractivity contribution < 1.29 is 0 Å². The first kappa shape index (κ1) is 22.2.